The van der Waals surface area contributed by atoms with Crippen molar-refractivity contribution in [2.24, 2.45) is 5.92 Å². The predicted molar refractivity (Wildman–Crippen MR) is 100 cm³/mol. The van der Waals surface area contributed by atoms with Crippen molar-refractivity contribution < 1.29 is 19.4 Å². The molecule has 8 heteroatoms. The summed E-state index contributed by atoms with van der Waals surface area (Å²) < 4.78 is 5.92. The Kier molecular flexibility index (Phi) is 5.59. The molecule has 3 aliphatic rings. The molecule has 0 bridgehead atoms. The Balaban J connectivity index is 1.46. The summed E-state index contributed by atoms with van der Waals surface area (Å²) in [6.45, 7) is 4.05. The molecule has 0 unspecified atom stereocenters. The molecule has 1 saturated carbocycles. The molecule has 0 radical (unpaired) electrons. The Morgan fingerprint density at radius 3 is 2.54 bits per heavy atom. The molecule has 152 valence electrons. The lowest BCUT2D eigenvalue weighted by atomic mass is 9.81. The van der Waals surface area contributed by atoms with Crippen LogP contribution in [0.1, 0.15) is 48.3 Å². The molecule has 1 aromatic heterocycles. The Labute approximate surface area is 164 Å². The number of hydrogen-bond donors (Lipinski definition) is 1. The van der Waals surface area contributed by atoms with Crippen LogP contribution in [0.25, 0.3) is 0 Å². The van der Waals surface area contributed by atoms with E-state index in [2.05, 4.69) is 9.97 Å². The number of aromatic nitrogens is 2. The maximum absolute atomic E-state index is 13.0. The van der Waals surface area contributed by atoms with Crippen LogP contribution >= 0.6 is 0 Å². The second-order valence-electron chi connectivity index (χ2n) is 8.06. The van der Waals surface area contributed by atoms with Crippen LogP contribution in [0.4, 0.5) is 0 Å². The number of morpholine rings is 1. The average molecular weight is 388 g/mol. The summed E-state index contributed by atoms with van der Waals surface area (Å²) in [5, 5.41) is 9.69. The number of fused-ring (bicyclic) bond motifs is 1. The van der Waals surface area contributed by atoms with Crippen molar-refractivity contribution in [3.8, 4) is 0 Å². The number of aliphatic hydroxyl groups is 1. The van der Waals surface area contributed by atoms with E-state index in [0.29, 0.717) is 56.9 Å². The molecule has 0 spiro atoms. The van der Waals surface area contributed by atoms with E-state index in [-0.39, 0.29) is 36.0 Å². The van der Waals surface area contributed by atoms with E-state index < -0.39 is 0 Å². The van der Waals surface area contributed by atoms with Gasteiger partial charge in [0.05, 0.1) is 30.4 Å². The van der Waals surface area contributed by atoms with Gasteiger partial charge in [-0.05, 0) is 39.0 Å². The topological polar surface area (TPSA) is 95.9 Å². The molecule has 8 nitrogen and oxygen atoms in total. The third-order valence-electron chi connectivity index (χ3n) is 6.23. The molecule has 3 heterocycles. The molecule has 2 saturated heterocycles. The van der Waals surface area contributed by atoms with Crippen LogP contribution in [0.5, 0.6) is 0 Å². The number of ether oxygens (including phenoxy) is 1. The zero-order valence-electron chi connectivity index (χ0n) is 16.3. The first-order chi connectivity index (χ1) is 13.5. The maximum atomic E-state index is 13.0. The van der Waals surface area contributed by atoms with Crippen molar-refractivity contribution >= 4 is 11.8 Å². The zero-order chi connectivity index (χ0) is 19.7. The first kappa shape index (κ1) is 19.3. The van der Waals surface area contributed by atoms with Crippen LogP contribution in [0.15, 0.2) is 12.4 Å². The SMILES string of the molecule is Cc1ncc(C(=O)N2CCO[C@@H]3CC[C@H](C(=O)N4CCC(O)CC4)C[C@H]32)cn1. The first-order valence-corrected chi connectivity index (χ1v) is 10.2. The van der Waals surface area contributed by atoms with Crippen molar-refractivity contribution in [2.75, 3.05) is 26.2 Å². The van der Waals surface area contributed by atoms with E-state index in [0.717, 1.165) is 12.8 Å². The number of aliphatic hydroxyl groups excluding tert-OH is 1. The van der Waals surface area contributed by atoms with Crippen molar-refractivity contribution in [1.29, 1.82) is 0 Å². The third-order valence-corrected chi connectivity index (χ3v) is 6.23. The van der Waals surface area contributed by atoms with Gasteiger partial charge in [-0.2, -0.15) is 0 Å². The van der Waals surface area contributed by atoms with E-state index in [1.165, 1.54) is 0 Å². The summed E-state index contributed by atoms with van der Waals surface area (Å²) in [7, 11) is 0. The first-order valence-electron chi connectivity index (χ1n) is 10.2. The number of carbonyl (C=O) groups excluding carboxylic acids is 2. The van der Waals surface area contributed by atoms with Gasteiger partial charge in [0.15, 0.2) is 0 Å². The number of amides is 2. The average Bonchev–Trinajstić information content (AvgIpc) is 2.73. The minimum Gasteiger partial charge on any atom is -0.393 e. The van der Waals surface area contributed by atoms with Crippen LogP contribution in [-0.2, 0) is 9.53 Å². The number of nitrogens with zero attached hydrogens (tertiary/aromatic N) is 4. The largest absolute Gasteiger partial charge is 0.393 e. The number of likely N-dealkylation sites (tertiary alicyclic amines) is 1. The summed E-state index contributed by atoms with van der Waals surface area (Å²) in [4.78, 5) is 38.0. The van der Waals surface area contributed by atoms with Crippen LogP contribution in [0, 0.1) is 12.8 Å². The second-order valence-corrected chi connectivity index (χ2v) is 8.06. The lowest BCUT2D eigenvalue weighted by Crippen LogP contribution is -2.57. The Bertz CT molecular complexity index is 717. The zero-order valence-corrected chi connectivity index (χ0v) is 16.3. The molecule has 0 aromatic carbocycles. The lowest BCUT2D eigenvalue weighted by molar-refractivity contribution is -0.143. The van der Waals surface area contributed by atoms with Crippen molar-refractivity contribution in [3.05, 3.63) is 23.8 Å². The van der Waals surface area contributed by atoms with Gasteiger partial charge in [0.25, 0.3) is 5.91 Å². The van der Waals surface area contributed by atoms with E-state index >= 15 is 0 Å². The van der Waals surface area contributed by atoms with Crippen molar-refractivity contribution in [2.45, 2.75) is 57.3 Å². The number of hydrogen-bond acceptors (Lipinski definition) is 6. The molecular weight excluding hydrogens is 360 g/mol. The summed E-state index contributed by atoms with van der Waals surface area (Å²) in [5.74, 6) is 0.601. The third kappa shape index (κ3) is 3.89. The summed E-state index contributed by atoms with van der Waals surface area (Å²) >= 11 is 0. The van der Waals surface area contributed by atoms with Crippen molar-refractivity contribution in [1.82, 2.24) is 19.8 Å². The Morgan fingerprint density at radius 1 is 1.11 bits per heavy atom. The minimum absolute atomic E-state index is 0.0173. The van der Waals surface area contributed by atoms with Gasteiger partial charge < -0.3 is 19.6 Å². The van der Waals surface area contributed by atoms with Gasteiger partial charge in [0.1, 0.15) is 5.82 Å². The van der Waals surface area contributed by atoms with E-state index in [1.807, 2.05) is 9.80 Å². The Morgan fingerprint density at radius 2 is 1.82 bits per heavy atom. The maximum Gasteiger partial charge on any atom is 0.257 e. The van der Waals surface area contributed by atoms with Gasteiger partial charge in [-0.3, -0.25) is 9.59 Å². The minimum atomic E-state index is -0.295. The summed E-state index contributed by atoms with van der Waals surface area (Å²) in [5.41, 5.74) is 0.477. The fourth-order valence-corrected chi connectivity index (χ4v) is 4.60. The highest BCUT2D eigenvalue weighted by molar-refractivity contribution is 5.94. The highest BCUT2D eigenvalue weighted by Gasteiger charge is 2.43. The lowest BCUT2D eigenvalue weighted by Gasteiger charge is -2.46. The van der Waals surface area contributed by atoms with Crippen molar-refractivity contribution in [3.63, 3.8) is 0 Å². The number of carbonyl (C=O) groups is 2. The Hall–Kier alpha value is -2.06. The normalized spacial score (nSPS) is 28.7. The van der Waals surface area contributed by atoms with Gasteiger partial charge >= 0.3 is 0 Å². The molecule has 3 atom stereocenters. The fraction of sp³-hybridized carbons (Fsp3) is 0.700. The molecule has 2 aliphatic heterocycles. The number of aryl methyl sites for hydroxylation is 1. The standard InChI is InChI=1S/C20H28N4O4/c1-13-21-11-15(12-22-13)20(27)24-8-9-28-18-3-2-14(10-17(18)24)19(26)23-6-4-16(25)5-7-23/h11-12,14,16-18,25H,2-10H2,1H3/t14-,17+,18+/m0/s1. The second kappa shape index (κ2) is 8.13. The van der Waals surface area contributed by atoms with Gasteiger partial charge in [0, 0.05) is 37.9 Å². The predicted octanol–water partition coefficient (Wildman–Crippen LogP) is 0.778. The molecule has 1 aliphatic carbocycles. The van der Waals surface area contributed by atoms with Gasteiger partial charge in [-0.25, -0.2) is 9.97 Å². The molecule has 3 fully saturated rings. The molecule has 28 heavy (non-hydrogen) atoms. The monoisotopic (exact) mass is 388 g/mol. The van der Waals surface area contributed by atoms with E-state index in [1.54, 1.807) is 19.3 Å². The molecule has 4 rings (SSSR count). The van der Waals surface area contributed by atoms with Crippen LogP contribution in [0.3, 0.4) is 0 Å². The number of piperidine rings is 1. The molecule has 1 aromatic rings. The van der Waals surface area contributed by atoms with Gasteiger partial charge in [-0.15, -0.1) is 0 Å². The summed E-state index contributed by atoms with van der Waals surface area (Å²) in [6.07, 6.45) is 6.31. The van der Waals surface area contributed by atoms with Gasteiger partial charge in [-0.1, -0.05) is 0 Å². The van der Waals surface area contributed by atoms with E-state index in [4.69, 9.17) is 4.74 Å². The molecular formula is C20H28N4O4. The fourth-order valence-electron chi connectivity index (χ4n) is 4.60. The van der Waals surface area contributed by atoms with Crippen LogP contribution < -0.4 is 0 Å². The molecule has 1 N–H and O–H groups in total. The van der Waals surface area contributed by atoms with Crippen LogP contribution in [-0.4, -0.2) is 81.2 Å². The van der Waals surface area contributed by atoms with Crippen LogP contribution in [0.2, 0.25) is 0 Å². The quantitative estimate of drug-likeness (QED) is 0.804. The summed E-state index contributed by atoms with van der Waals surface area (Å²) in [6, 6.07) is -0.0966. The highest BCUT2D eigenvalue weighted by Crippen LogP contribution is 2.34. The highest BCUT2D eigenvalue weighted by atomic mass is 16.5. The molecule has 2 amide bonds. The smallest absolute Gasteiger partial charge is 0.257 e. The van der Waals surface area contributed by atoms with E-state index in [9.17, 15) is 14.7 Å². The van der Waals surface area contributed by atoms with Gasteiger partial charge in [0.2, 0.25) is 5.91 Å². The number of rotatable bonds is 2.